The molecule has 7 heteroatoms. The summed E-state index contributed by atoms with van der Waals surface area (Å²) in [5.41, 5.74) is 0.905. The monoisotopic (exact) mass is 384 g/mol. The molecule has 146 valence electrons. The smallest absolute Gasteiger partial charge is 0.344 e. The van der Waals surface area contributed by atoms with Crippen LogP contribution in [-0.4, -0.2) is 33.4 Å². The molecule has 1 heterocycles. The highest BCUT2D eigenvalue weighted by Gasteiger charge is 2.12. The summed E-state index contributed by atoms with van der Waals surface area (Å²) in [6, 6.07) is 11.9. The van der Waals surface area contributed by atoms with Crippen molar-refractivity contribution in [2.75, 3.05) is 27.4 Å². The molecule has 0 unspecified atom stereocenters. The fraction of sp³-hybridized carbons (Fsp3) is 0.238. The molecule has 7 nitrogen and oxygen atoms in total. The third-order valence-corrected chi connectivity index (χ3v) is 4.06. The molecule has 0 saturated carbocycles. The van der Waals surface area contributed by atoms with Gasteiger partial charge in [0.25, 0.3) is 0 Å². The van der Waals surface area contributed by atoms with Gasteiger partial charge in [-0.1, -0.05) is 6.07 Å². The van der Waals surface area contributed by atoms with Crippen LogP contribution in [0.15, 0.2) is 51.7 Å². The van der Waals surface area contributed by atoms with Crippen molar-refractivity contribution in [1.82, 2.24) is 0 Å². The Bertz CT molecular complexity index is 1050. The topological polar surface area (TPSA) is 84.2 Å². The molecule has 3 aromatic rings. The van der Waals surface area contributed by atoms with Crippen LogP contribution in [-0.2, 0) is 9.53 Å². The van der Waals surface area contributed by atoms with Gasteiger partial charge in [-0.05, 0) is 42.8 Å². The van der Waals surface area contributed by atoms with Crippen molar-refractivity contribution < 1.29 is 28.2 Å². The minimum Gasteiger partial charge on any atom is -0.493 e. The maximum Gasteiger partial charge on any atom is 0.344 e. The molecule has 0 atom stereocenters. The lowest BCUT2D eigenvalue weighted by Gasteiger charge is -2.10. The second-order valence-corrected chi connectivity index (χ2v) is 5.81. The molecule has 2 aromatic carbocycles. The average molecular weight is 384 g/mol. The van der Waals surface area contributed by atoms with Gasteiger partial charge in [0.1, 0.15) is 11.3 Å². The van der Waals surface area contributed by atoms with Crippen LogP contribution in [0.5, 0.6) is 17.2 Å². The van der Waals surface area contributed by atoms with E-state index in [1.54, 1.807) is 56.5 Å². The van der Waals surface area contributed by atoms with Crippen molar-refractivity contribution in [2.45, 2.75) is 6.92 Å². The van der Waals surface area contributed by atoms with E-state index < -0.39 is 11.6 Å². The number of carbonyl (C=O) groups is 1. The minimum absolute atomic E-state index is 0.215. The largest absolute Gasteiger partial charge is 0.493 e. The van der Waals surface area contributed by atoms with Crippen molar-refractivity contribution >= 4 is 16.9 Å². The first-order valence-electron chi connectivity index (χ1n) is 8.64. The van der Waals surface area contributed by atoms with E-state index in [1.165, 1.54) is 7.11 Å². The summed E-state index contributed by atoms with van der Waals surface area (Å²) in [5, 5.41) is 0.716. The van der Waals surface area contributed by atoms with Gasteiger partial charge in [0.2, 0.25) is 0 Å². The number of esters is 1. The Hall–Kier alpha value is -3.48. The van der Waals surface area contributed by atoms with Gasteiger partial charge >= 0.3 is 11.6 Å². The Labute approximate surface area is 161 Å². The highest BCUT2D eigenvalue weighted by molar-refractivity contribution is 5.83. The van der Waals surface area contributed by atoms with Gasteiger partial charge in [-0.3, -0.25) is 0 Å². The number of rotatable bonds is 7. The van der Waals surface area contributed by atoms with Crippen LogP contribution in [0.2, 0.25) is 0 Å². The normalized spacial score (nSPS) is 10.5. The molecule has 0 aliphatic heterocycles. The Morgan fingerprint density at radius 3 is 2.50 bits per heavy atom. The molecule has 0 radical (unpaired) electrons. The zero-order valence-corrected chi connectivity index (χ0v) is 15.8. The fourth-order valence-corrected chi connectivity index (χ4v) is 2.73. The quantitative estimate of drug-likeness (QED) is 0.456. The second kappa shape index (κ2) is 8.47. The molecular formula is C21H20O7. The molecule has 0 spiro atoms. The number of methoxy groups -OCH3 is 2. The van der Waals surface area contributed by atoms with Crippen molar-refractivity contribution in [3.8, 4) is 28.4 Å². The number of hydrogen-bond donors (Lipinski definition) is 0. The van der Waals surface area contributed by atoms with Gasteiger partial charge in [-0.2, -0.15) is 0 Å². The van der Waals surface area contributed by atoms with Crippen LogP contribution < -0.4 is 19.8 Å². The lowest BCUT2D eigenvalue weighted by molar-refractivity contribution is -0.145. The molecule has 28 heavy (non-hydrogen) atoms. The van der Waals surface area contributed by atoms with Crippen LogP contribution in [0.4, 0.5) is 0 Å². The van der Waals surface area contributed by atoms with Crippen molar-refractivity contribution in [2.24, 2.45) is 0 Å². The van der Waals surface area contributed by atoms with Gasteiger partial charge in [0.05, 0.1) is 26.4 Å². The Kier molecular flexibility index (Phi) is 5.84. The van der Waals surface area contributed by atoms with Crippen molar-refractivity contribution in [1.29, 1.82) is 0 Å². The minimum atomic E-state index is -0.498. The van der Waals surface area contributed by atoms with Crippen LogP contribution in [0.3, 0.4) is 0 Å². The zero-order chi connectivity index (χ0) is 20.1. The van der Waals surface area contributed by atoms with Gasteiger partial charge in [-0.25, -0.2) is 9.59 Å². The van der Waals surface area contributed by atoms with E-state index in [1.807, 2.05) is 0 Å². The SMILES string of the molecule is CCOC(=O)COc1ccc2cc(-c3ccc(OC)c(OC)c3)c(=O)oc2c1. The molecule has 1 aromatic heterocycles. The summed E-state index contributed by atoms with van der Waals surface area (Å²) < 4.78 is 26.1. The number of benzene rings is 2. The van der Waals surface area contributed by atoms with E-state index in [-0.39, 0.29) is 13.2 Å². The molecule has 0 saturated heterocycles. The predicted octanol–water partition coefficient (Wildman–Crippen LogP) is 3.42. The molecule has 3 rings (SSSR count). The summed E-state index contributed by atoms with van der Waals surface area (Å²) in [6.45, 7) is 1.79. The summed E-state index contributed by atoms with van der Waals surface area (Å²) in [4.78, 5) is 23.9. The fourth-order valence-electron chi connectivity index (χ4n) is 2.73. The average Bonchev–Trinajstić information content (AvgIpc) is 2.71. The summed E-state index contributed by atoms with van der Waals surface area (Å²) in [6.07, 6.45) is 0. The Morgan fingerprint density at radius 1 is 1.00 bits per heavy atom. The van der Waals surface area contributed by atoms with E-state index in [2.05, 4.69) is 0 Å². The first-order valence-corrected chi connectivity index (χ1v) is 8.64. The molecule has 0 fully saturated rings. The van der Waals surface area contributed by atoms with E-state index in [9.17, 15) is 9.59 Å². The third kappa shape index (κ3) is 4.09. The number of hydrogen-bond acceptors (Lipinski definition) is 7. The van der Waals surface area contributed by atoms with Crippen LogP contribution >= 0.6 is 0 Å². The molecular weight excluding hydrogens is 364 g/mol. The molecule has 0 aliphatic rings. The lowest BCUT2D eigenvalue weighted by atomic mass is 10.1. The van der Waals surface area contributed by atoms with E-state index >= 15 is 0 Å². The van der Waals surface area contributed by atoms with Crippen LogP contribution in [0.25, 0.3) is 22.1 Å². The van der Waals surface area contributed by atoms with Crippen molar-refractivity contribution in [3.63, 3.8) is 0 Å². The number of ether oxygens (including phenoxy) is 4. The van der Waals surface area contributed by atoms with Crippen molar-refractivity contribution in [3.05, 3.63) is 52.9 Å². The number of fused-ring (bicyclic) bond motifs is 1. The predicted molar refractivity (Wildman–Crippen MR) is 103 cm³/mol. The zero-order valence-electron chi connectivity index (χ0n) is 15.8. The maximum atomic E-state index is 12.5. The number of carbonyl (C=O) groups excluding carboxylic acids is 1. The summed E-state index contributed by atoms with van der Waals surface area (Å²) >= 11 is 0. The summed E-state index contributed by atoms with van der Waals surface area (Å²) in [5.74, 6) is 1.03. The van der Waals surface area contributed by atoms with Crippen LogP contribution in [0, 0.1) is 0 Å². The van der Waals surface area contributed by atoms with E-state index in [4.69, 9.17) is 23.4 Å². The molecule has 0 N–H and O–H groups in total. The highest BCUT2D eigenvalue weighted by atomic mass is 16.6. The molecule has 0 amide bonds. The van der Waals surface area contributed by atoms with Gasteiger partial charge in [0.15, 0.2) is 18.1 Å². The Balaban J connectivity index is 1.92. The van der Waals surface area contributed by atoms with Gasteiger partial charge in [-0.15, -0.1) is 0 Å². The first-order chi connectivity index (χ1) is 13.5. The first kappa shape index (κ1) is 19.3. The standard InChI is InChI=1S/C21H20O7/c1-4-26-20(22)12-27-15-7-5-14-9-16(21(23)28-18(14)11-15)13-6-8-17(24-2)19(10-13)25-3/h5-11H,4,12H2,1-3H3. The highest BCUT2D eigenvalue weighted by Crippen LogP contribution is 2.32. The lowest BCUT2D eigenvalue weighted by Crippen LogP contribution is -2.14. The maximum absolute atomic E-state index is 12.5. The van der Waals surface area contributed by atoms with Crippen LogP contribution in [0.1, 0.15) is 6.92 Å². The second-order valence-electron chi connectivity index (χ2n) is 5.81. The van der Waals surface area contributed by atoms with E-state index in [0.29, 0.717) is 39.3 Å². The van der Waals surface area contributed by atoms with Gasteiger partial charge < -0.3 is 23.4 Å². The molecule has 0 aliphatic carbocycles. The summed E-state index contributed by atoms with van der Waals surface area (Å²) in [7, 11) is 3.08. The van der Waals surface area contributed by atoms with E-state index in [0.717, 1.165) is 0 Å². The Morgan fingerprint density at radius 2 is 1.79 bits per heavy atom. The van der Waals surface area contributed by atoms with Gasteiger partial charge in [0, 0.05) is 11.5 Å². The third-order valence-electron chi connectivity index (χ3n) is 4.06. The molecule has 0 bridgehead atoms.